The molecular formula is C18H29N3O2. The van der Waals surface area contributed by atoms with E-state index in [1.807, 2.05) is 25.7 Å². The standard InChI is InChI=1S/C18H29N3O2/c1-17(2,3)23-16(22)20-11-12-21(18(13-20)8-9-18)15(5-4-10-19)14-6-7-14/h14-15H,4-9,11-13H2,1-3H3. The van der Waals surface area contributed by atoms with Crippen LogP contribution in [0.5, 0.6) is 0 Å². The topological polar surface area (TPSA) is 56.6 Å². The summed E-state index contributed by atoms with van der Waals surface area (Å²) in [6.07, 6.45) is 6.39. The quantitative estimate of drug-likeness (QED) is 0.799. The number of carbonyl (C=O) groups is 1. The van der Waals surface area contributed by atoms with Crippen LogP contribution in [0.1, 0.15) is 59.3 Å². The van der Waals surface area contributed by atoms with Crippen LogP contribution < -0.4 is 0 Å². The van der Waals surface area contributed by atoms with Crippen molar-refractivity contribution in [2.45, 2.75) is 76.5 Å². The molecule has 1 amide bonds. The van der Waals surface area contributed by atoms with Crippen molar-refractivity contribution in [2.75, 3.05) is 19.6 Å². The fourth-order valence-electron chi connectivity index (χ4n) is 3.92. The monoisotopic (exact) mass is 319 g/mol. The van der Waals surface area contributed by atoms with Crippen LogP contribution in [0, 0.1) is 17.2 Å². The predicted octanol–water partition coefficient (Wildman–Crippen LogP) is 3.15. The molecule has 1 unspecified atom stereocenters. The van der Waals surface area contributed by atoms with Gasteiger partial charge in [-0.05, 0) is 58.8 Å². The van der Waals surface area contributed by atoms with Crippen molar-refractivity contribution >= 4 is 6.09 Å². The molecule has 3 aliphatic rings. The first-order valence-corrected chi connectivity index (χ1v) is 8.96. The summed E-state index contributed by atoms with van der Waals surface area (Å²) < 4.78 is 5.54. The number of piperazine rings is 1. The number of rotatable bonds is 4. The van der Waals surface area contributed by atoms with E-state index in [9.17, 15) is 4.79 Å². The van der Waals surface area contributed by atoms with Gasteiger partial charge in [-0.1, -0.05) is 0 Å². The molecule has 3 fully saturated rings. The van der Waals surface area contributed by atoms with E-state index in [1.165, 1.54) is 25.7 Å². The molecule has 1 spiro atoms. The third-order valence-corrected chi connectivity index (χ3v) is 5.30. The normalized spacial score (nSPS) is 25.0. The van der Waals surface area contributed by atoms with Gasteiger partial charge in [0.1, 0.15) is 5.60 Å². The van der Waals surface area contributed by atoms with Crippen LogP contribution in [-0.2, 0) is 4.74 Å². The molecule has 128 valence electrons. The second-order valence-corrected chi connectivity index (χ2v) is 8.42. The number of nitriles is 1. The number of carbonyl (C=O) groups excluding carboxylic acids is 1. The van der Waals surface area contributed by atoms with Gasteiger partial charge in [0.15, 0.2) is 0 Å². The molecule has 0 radical (unpaired) electrons. The van der Waals surface area contributed by atoms with Crippen LogP contribution in [0.4, 0.5) is 4.79 Å². The van der Waals surface area contributed by atoms with E-state index < -0.39 is 5.60 Å². The molecule has 1 aliphatic heterocycles. The fraction of sp³-hybridized carbons (Fsp3) is 0.889. The summed E-state index contributed by atoms with van der Waals surface area (Å²) in [5.74, 6) is 0.772. The van der Waals surface area contributed by atoms with Crippen molar-refractivity contribution in [3.63, 3.8) is 0 Å². The van der Waals surface area contributed by atoms with Crippen molar-refractivity contribution < 1.29 is 9.53 Å². The lowest BCUT2D eigenvalue weighted by Gasteiger charge is -2.46. The van der Waals surface area contributed by atoms with Gasteiger partial charge in [0.05, 0.1) is 6.07 Å². The predicted molar refractivity (Wildman–Crippen MR) is 87.8 cm³/mol. The molecule has 0 aromatic rings. The van der Waals surface area contributed by atoms with E-state index in [-0.39, 0.29) is 11.6 Å². The minimum Gasteiger partial charge on any atom is -0.444 e. The third kappa shape index (κ3) is 3.80. The Hall–Kier alpha value is -1.28. The third-order valence-electron chi connectivity index (χ3n) is 5.30. The van der Waals surface area contributed by atoms with E-state index in [4.69, 9.17) is 10.00 Å². The lowest BCUT2D eigenvalue weighted by Crippen LogP contribution is -2.60. The molecule has 2 aliphatic carbocycles. The zero-order chi connectivity index (χ0) is 16.7. The van der Waals surface area contributed by atoms with Crippen LogP contribution in [-0.4, -0.2) is 52.7 Å². The molecular weight excluding hydrogens is 290 g/mol. The summed E-state index contributed by atoms with van der Waals surface area (Å²) in [5, 5.41) is 8.95. The van der Waals surface area contributed by atoms with Gasteiger partial charge in [-0.15, -0.1) is 0 Å². The highest BCUT2D eigenvalue weighted by Crippen LogP contribution is 2.50. The van der Waals surface area contributed by atoms with Gasteiger partial charge in [-0.2, -0.15) is 5.26 Å². The smallest absolute Gasteiger partial charge is 0.410 e. The number of amides is 1. The maximum Gasteiger partial charge on any atom is 0.410 e. The van der Waals surface area contributed by atoms with Gasteiger partial charge >= 0.3 is 6.09 Å². The molecule has 1 atom stereocenters. The second kappa shape index (κ2) is 5.98. The van der Waals surface area contributed by atoms with Crippen LogP contribution >= 0.6 is 0 Å². The molecule has 0 bridgehead atoms. The highest BCUT2D eigenvalue weighted by atomic mass is 16.6. The summed E-state index contributed by atoms with van der Waals surface area (Å²) >= 11 is 0. The molecule has 1 saturated heterocycles. The molecule has 0 aromatic carbocycles. The Morgan fingerprint density at radius 3 is 2.57 bits per heavy atom. The van der Waals surface area contributed by atoms with E-state index >= 15 is 0 Å². The summed E-state index contributed by atoms with van der Waals surface area (Å²) in [6, 6.07) is 2.85. The van der Waals surface area contributed by atoms with E-state index in [1.54, 1.807) is 0 Å². The molecule has 5 heteroatoms. The van der Waals surface area contributed by atoms with Crippen LogP contribution in [0.25, 0.3) is 0 Å². The molecule has 2 saturated carbocycles. The Bertz CT molecular complexity index is 497. The summed E-state index contributed by atoms with van der Waals surface area (Å²) in [6.45, 7) is 8.20. The van der Waals surface area contributed by atoms with Gasteiger partial charge in [0.2, 0.25) is 0 Å². The van der Waals surface area contributed by atoms with Crippen molar-refractivity contribution in [3.05, 3.63) is 0 Å². The fourth-order valence-corrected chi connectivity index (χ4v) is 3.92. The van der Waals surface area contributed by atoms with Crippen molar-refractivity contribution in [3.8, 4) is 6.07 Å². The zero-order valence-corrected chi connectivity index (χ0v) is 14.7. The van der Waals surface area contributed by atoms with Crippen LogP contribution in [0.15, 0.2) is 0 Å². The first-order valence-electron chi connectivity index (χ1n) is 8.96. The van der Waals surface area contributed by atoms with Crippen LogP contribution in [0.2, 0.25) is 0 Å². The average molecular weight is 319 g/mol. The summed E-state index contributed by atoms with van der Waals surface area (Å²) in [4.78, 5) is 16.9. The van der Waals surface area contributed by atoms with Crippen LogP contribution in [0.3, 0.4) is 0 Å². The zero-order valence-electron chi connectivity index (χ0n) is 14.7. The van der Waals surface area contributed by atoms with Crippen molar-refractivity contribution in [1.29, 1.82) is 5.26 Å². The summed E-state index contributed by atoms with van der Waals surface area (Å²) in [7, 11) is 0. The largest absolute Gasteiger partial charge is 0.444 e. The summed E-state index contributed by atoms with van der Waals surface area (Å²) in [5.41, 5.74) is -0.272. The SMILES string of the molecule is CC(C)(C)OC(=O)N1CCN(C(CCC#N)C2CC2)C2(CC2)C1. The van der Waals surface area contributed by atoms with E-state index in [0.717, 1.165) is 32.0 Å². The Balaban J connectivity index is 1.64. The molecule has 23 heavy (non-hydrogen) atoms. The van der Waals surface area contributed by atoms with E-state index in [2.05, 4.69) is 11.0 Å². The minimum atomic E-state index is -0.436. The maximum absolute atomic E-state index is 12.4. The first-order chi connectivity index (χ1) is 10.8. The lowest BCUT2D eigenvalue weighted by molar-refractivity contribution is -0.0151. The lowest BCUT2D eigenvalue weighted by atomic mass is 9.99. The number of ether oxygens (including phenoxy) is 1. The Labute approximate surface area is 139 Å². The number of nitrogens with zero attached hydrogens (tertiary/aromatic N) is 3. The minimum absolute atomic E-state index is 0.165. The van der Waals surface area contributed by atoms with Gasteiger partial charge in [-0.3, -0.25) is 4.90 Å². The van der Waals surface area contributed by atoms with Crippen molar-refractivity contribution in [2.24, 2.45) is 5.92 Å². The number of hydrogen-bond acceptors (Lipinski definition) is 4. The molecule has 1 heterocycles. The van der Waals surface area contributed by atoms with Gasteiger partial charge < -0.3 is 9.64 Å². The Morgan fingerprint density at radius 2 is 2.04 bits per heavy atom. The maximum atomic E-state index is 12.4. The molecule has 0 aromatic heterocycles. The molecule has 0 N–H and O–H groups in total. The van der Waals surface area contributed by atoms with E-state index in [0.29, 0.717) is 12.5 Å². The Morgan fingerprint density at radius 1 is 1.35 bits per heavy atom. The molecule has 3 rings (SSSR count). The van der Waals surface area contributed by atoms with Gasteiger partial charge in [0.25, 0.3) is 0 Å². The Kier molecular flexibility index (Phi) is 4.31. The second-order valence-electron chi connectivity index (χ2n) is 8.42. The highest BCUT2D eigenvalue weighted by molar-refractivity contribution is 5.68. The molecule has 5 nitrogen and oxygen atoms in total. The van der Waals surface area contributed by atoms with Crippen molar-refractivity contribution in [1.82, 2.24) is 9.80 Å². The van der Waals surface area contributed by atoms with Gasteiger partial charge in [0, 0.05) is 37.6 Å². The van der Waals surface area contributed by atoms with Gasteiger partial charge in [-0.25, -0.2) is 4.79 Å². The highest BCUT2D eigenvalue weighted by Gasteiger charge is 2.55. The number of hydrogen-bond donors (Lipinski definition) is 0. The average Bonchev–Trinajstić information content (AvgIpc) is 3.35. The first kappa shape index (κ1) is 16.6.